The lowest BCUT2D eigenvalue weighted by Gasteiger charge is -2.48. The van der Waals surface area contributed by atoms with Crippen LogP contribution >= 0.6 is 0 Å². The number of allylic oxidation sites excluding steroid dienone is 1. The van der Waals surface area contributed by atoms with Crippen molar-refractivity contribution in [2.45, 2.75) is 31.1 Å². The first kappa shape index (κ1) is 18.0. The summed E-state index contributed by atoms with van der Waals surface area (Å²) in [4.78, 5) is 12.3. The molecule has 0 amide bonds. The Kier molecular flexibility index (Phi) is 5.45. The van der Waals surface area contributed by atoms with Gasteiger partial charge in [-0.05, 0) is 48.9 Å². The van der Waals surface area contributed by atoms with E-state index in [4.69, 9.17) is 18.9 Å². The lowest BCUT2D eigenvalue weighted by Crippen LogP contribution is -2.47. The van der Waals surface area contributed by atoms with E-state index >= 15 is 0 Å². The van der Waals surface area contributed by atoms with Crippen molar-refractivity contribution in [2.24, 2.45) is 5.92 Å². The number of hydrogen-bond acceptors (Lipinski definition) is 5. The molecule has 0 aliphatic heterocycles. The number of methoxy groups -OCH3 is 3. The van der Waals surface area contributed by atoms with Crippen molar-refractivity contribution in [1.29, 1.82) is 0 Å². The number of hydrogen-bond donors (Lipinski definition) is 0. The maximum absolute atomic E-state index is 12.3. The lowest BCUT2D eigenvalue weighted by molar-refractivity contribution is -0.137. The van der Waals surface area contributed by atoms with Gasteiger partial charge in [0.1, 0.15) is 12.5 Å². The van der Waals surface area contributed by atoms with E-state index in [0.717, 1.165) is 37.0 Å². The van der Waals surface area contributed by atoms with Crippen LogP contribution in [0.3, 0.4) is 0 Å². The summed E-state index contributed by atoms with van der Waals surface area (Å²) in [6.07, 6.45) is 5.64. The maximum atomic E-state index is 12.3. The van der Waals surface area contributed by atoms with Crippen LogP contribution in [0.25, 0.3) is 0 Å². The standard InChI is InChI=1S/C20H26O5/c1-22-13-25-12-20-10-4-5-16(19(21)24-3)18(20)8-6-14-11-15(23-2)7-9-17(14)20/h5,7,9,11,18H,4,6,8,10,12-13H2,1-3H3/t18-,20-/m1/s1. The minimum absolute atomic E-state index is 0.103. The van der Waals surface area contributed by atoms with Gasteiger partial charge in [-0.25, -0.2) is 4.79 Å². The van der Waals surface area contributed by atoms with Crippen LogP contribution in [0.2, 0.25) is 0 Å². The molecule has 3 rings (SSSR count). The molecule has 0 aromatic heterocycles. The Morgan fingerprint density at radius 1 is 1.28 bits per heavy atom. The van der Waals surface area contributed by atoms with Crippen molar-refractivity contribution in [1.82, 2.24) is 0 Å². The first-order valence-corrected chi connectivity index (χ1v) is 8.68. The molecule has 0 spiro atoms. The van der Waals surface area contributed by atoms with Gasteiger partial charge in [0.2, 0.25) is 0 Å². The van der Waals surface area contributed by atoms with Gasteiger partial charge in [0.25, 0.3) is 0 Å². The highest BCUT2D eigenvalue weighted by atomic mass is 16.7. The monoisotopic (exact) mass is 346 g/mol. The number of esters is 1. The number of carbonyl (C=O) groups excluding carboxylic acids is 1. The quantitative estimate of drug-likeness (QED) is 0.450. The zero-order chi connectivity index (χ0) is 17.9. The SMILES string of the molecule is COCOC[C@@]12CCC=C(C(=O)OC)[C@H]1CCc1cc(OC)ccc12. The maximum Gasteiger partial charge on any atom is 0.333 e. The average Bonchev–Trinajstić information content (AvgIpc) is 2.66. The van der Waals surface area contributed by atoms with E-state index in [1.165, 1.54) is 18.2 Å². The summed E-state index contributed by atoms with van der Waals surface area (Å²) in [5.41, 5.74) is 3.10. The van der Waals surface area contributed by atoms with Gasteiger partial charge in [-0.1, -0.05) is 12.1 Å². The third-order valence-electron chi connectivity index (χ3n) is 5.53. The predicted molar refractivity (Wildman–Crippen MR) is 93.6 cm³/mol. The molecule has 0 bridgehead atoms. The van der Waals surface area contributed by atoms with Gasteiger partial charge in [0.15, 0.2) is 0 Å². The van der Waals surface area contributed by atoms with Crippen LogP contribution in [0.1, 0.15) is 30.4 Å². The van der Waals surface area contributed by atoms with E-state index in [9.17, 15) is 4.79 Å². The van der Waals surface area contributed by atoms with Gasteiger partial charge in [0, 0.05) is 24.0 Å². The molecule has 5 nitrogen and oxygen atoms in total. The minimum atomic E-state index is -0.226. The summed E-state index contributed by atoms with van der Waals surface area (Å²) in [7, 11) is 4.75. The first-order chi connectivity index (χ1) is 12.2. The van der Waals surface area contributed by atoms with Crippen molar-refractivity contribution < 1.29 is 23.7 Å². The zero-order valence-electron chi connectivity index (χ0n) is 15.2. The fraction of sp³-hybridized carbons (Fsp3) is 0.550. The van der Waals surface area contributed by atoms with Gasteiger partial charge in [-0.2, -0.15) is 0 Å². The molecule has 25 heavy (non-hydrogen) atoms. The van der Waals surface area contributed by atoms with Gasteiger partial charge in [-0.15, -0.1) is 0 Å². The molecular weight excluding hydrogens is 320 g/mol. The summed E-state index contributed by atoms with van der Waals surface area (Å²) >= 11 is 0. The molecule has 0 unspecified atom stereocenters. The van der Waals surface area contributed by atoms with E-state index < -0.39 is 0 Å². The Bertz CT molecular complexity index is 666. The smallest absolute Gasteiger partial charge is 0.333 e. The highest BCUT2D eigenvalue weighted by Gasteiger charge is 2.49. The van der Waals surface area contributed by atoms with Crippen LogP contribution in [0.15, 0.2) is 29.8 Å². The molecule has 0 saturated heterocycles. The van der Waals surface area contributed by atoms with E-state index in [-0.39, 0.29) is 24.1 Å². The van der Waals surface area contributed by atoms with Crippen LogP contribution in [0, 0.1) is 5.92 Å². The Morgan fingerprint density at radius 2 is 2.12 bits per heavy atom. The Morgan fingerprint density at radius 3 is 2.84 bits per heavy atom. The van der Waals surface area contributed by atoms with E-state index in [2.05, 4.69) is 12.1 Å². The second-order valence-corrected chi connectivity index (χ2v) is 6.72. The average molecular weight is 346 g/mol. The zero-order valence-corrected chi connectivity index (χ0v) is 15.2. The topological polar surface area (TPSA) is 54.0 Å². The van der Waals surface area contributed by atoms with Gasteiger partial charge < -0.3 is 18.9 Å². The Hall–Kier alpha value is -1.85. The Labute approximate surface area is 148 Å². The summed E-state index contributed by atoms with van der Waals surface area (Å²) in [6, 6.07) is 6.24. The van der Waals surface area contributed by atoms with Gasteiger partial charge >= 0.3 is 5.97 Å². The minimum Gasteiger partial charge on any atom is -0.497 e. The summed E-state index contributed by atoms with van der Waals surface area (Å²) in [6.45, 7) is 0.774. The molecule has 0 N–H and O–H groups in total. The van der Waals surface area contributed by atoms with Gasteiger partial charge in [0.05, 0.1) is 20.8 Å². The Balaban J connectivity index is 2.04. The molecule has 0 radical (unpaired) electrons. The molecule has 1 aromatic carbocycles. The molecule has 5 heteroatoms. The van der Waals surface area contributed by atoms with Crippen LogP contribution in [-0.2, 0) is 30.8 Å². The highest BCUT2D eigenvalue weighted by molar-refractivity contribution is 5.89. The second kappa shape index (κ2) is 7.58. The molecule has 0 fully saturated rings. The second-order valence-electron chi connectivity index (χ2n) is 6.72. The number of rotatable bonds is 6. The molecule has 136 valence electrons. The predicted octanol–water partition coefficient (Wildman–Crippen LogP) is 3.01. The van der Waals surface area contributed by atoms with Crippen molar-refractivity contribution in [3.8, 4) is 5.75 Å². The van der Waals surface area contributed by atoms with Gasteiger partial charge in [-0.3, -0.25) is 0 Å². The number of benzene rings is 1. The molecular formula is C20H26O5. The van der Waals surface area contributed by atoms with Crippen molar-refractivity contribution >= 4 is 5.97 Å². The summed E-state index contributed by atoms with van der Waals surface area (Å²) in [5.74, 6) is 0.744. The molecule has 0 saturated carbocycles. The molecule has 2 atom stereocenters. The normalized spacial score (nSPS) is 24.8. The van der Waals surface area contributed by atoms with E-state index in [1.807, 2.05) is 12.1 Å². The third kappa shape index (κ3) is 3.18. The van der Waals surface area contributed by atoms with Crippen LogP contribution in [0.4, 0.5) is 0 Å². The van der Waals surface area contributed by atoms with Crippen LogP contribution in [-0.4, -0.2) is 40.7 Å². The molecule has 2 aliphatic carbocycles. The molecule has 1 aromatic rings. The van der Waals surface area contributed by atoms with Crippen LogP contribution in [0.5, 0.6) is 5.75 Å². The van der Waals surface area contributed by atoms with E-state index in [1.54, 1.807) is 14.2 Å². The van der Waals surface area contributed by atoms with E-state index in [0.29, 0.717) is 6.61 Å². The largest absolute Gasteiger partial charge is 0.497 e. The fourth-order valence-corrected chi connectivity index (χ4v) is 4.44. The molecule has 0 heterocycles. The summed E-state index contributed by atoms with van der Waals surface area (Å²) in [5, 5.41) is 0. The first-order valence-electron chi connectivity index (χ1n) is 8.68. The fourth-order valence-electron chi connectivity index (χ4n) is 4.44. The summed E-state index contributed by atoms with van der Waals surface area (Å²) < 4.78 is 21.3. The van der Waals surface area contributed by atoms with Crippen molar-refractivity contribution in [2.75, 3.05) is 34.7 Å². The van der Waals surface area contributed by atoms with Crippen LogP contribution < -0.4 is 4.74 Å². The highest BCUT2D eigenvalue weighted by Crippen LogP contribution is 2.51. The number of fused-ring (bicyclic) bond motifs is 3. The van der Waals surface area contributed by atoms with Crippen molar-refractivity contribution in [3.63, 3.8) is 0 Å². The van der Waals surface area contributed by atoms with Crippen molar-refractivity contribution in [3.05, 3.63) is 41.0 Å². The number of ether oxygens (including phenoxy) is 4. The number of carbonyl (C=O) groups is 1. The lowest BCUT2D eigenvalue weighted by atomic mass is 9.57. The third-order valence-corrected chi connectivity index (χ3v) is 5.53. The molecule has 2 aliphatic rings. The number of aryl methyl sites for hydroxylation is 1.